The Kier molecular flexibility index (Phi) is 38.1. The summed E-state index contributed by atoms with van der Waals surface area (Å²) in [6.45, 7) is 4.52. The smallest absolute Gasteiger partial charge is 0.306 e. The second-order valence-electron chi connectivity index (χ2n) is 14.2. The highest BCUT2D eigenvalue weighted by molar-refractivity contribution is 5.69. The van der Waals surface area contributed by atoms with Gasteiger partial charge in [-0.2, -0.15) is 0 Å². The van der Waals surface area contributed by atoms with Crippen LogP contribution >= 0.6 is 0 Å². The van der Waals surface area contributed by atoms with Crippen LogP contribution in [-0.2, 0) is 14.3 Å². The average Bonchev–Trinajstić information content (AvgIpc) is 3.07. The first kappa shape index (κ1) is 46.2. The van der Waals surface area contributed by atoms with Crippen LogP contribution in [0.2, 0.25) is 0 Å². The lowest BCUT2D eigenvalue weighted by Gasteiger charge is -2.18. The highest BCUT2D eigenvalue weighted by atomic mass is 16.5. The molecule has 0 saturated heterocycles. The molecule has 0 radical (unpaired) electrons. The Labute approximate surface area is 299 Å². The summed E-state index contributed by atoms with van der Waals surface area (Å²) < 4.78 is 5.84. The number of carbonyl (C=O) groups is 2. The van der Waals surface area contributed by atoms with Crippen molar-refractivity contribution in [2.75, 3.05) is 0 Å². The predicted octanol–water partition coefficient (Wildman–Crippen LogP) is 14.6. The minimum absolute atomic E-state index is 0.0990. The maximum absolute atomic E-state index is 12.5. The van der Waals surface area contributed by atoms with Gasteiger partial charge >= 0.3 is 11.9 Å². The molecule has 0 heterocycles. The van der Waals surface area contributed by atoms with E-state index in [9.17, 15) is 9.59 Å². The Balaban J connectivity index is 3.79. The van der Waals surface area contributed by atoms with Crippen LogP contribution in [0.15, 0.2) is 36.5 Å². The van der Waals surface area contributed by atoms with E-state index in [1.54, 1.807) is 0 Å². The van der Waals surface area contributed by atoms with Crippen LogP contribution < -0.4 is 0 Å². The van der Waals surface area contributed by atoms with E-state index in [2.05, 4.69) is 50.3 Å². The summed E-state index contributed by atoms with van der Waals surface area (Å²) in [6.07, 6.45) is 51.6. The highest BCUT2D eigenvalue weighted by Gasteiger charge is 2.15. The number of hydrogen-bond donors (Lipinski definition) is 1. The van der Waals surface area contributed by atoms with Crippen molar-refractivity contribution in [2.24, 2.45) is 0 Å². The average molecular weight is 673 g/mol. The van der Waals surface area contributed by atoms with E-state index in [4.69, 9.17) is 9.84 Å². The molecule has 0 aliphatic heterocycles. The van der Waals surface area contributed by atoms with E-state index in [-0.39, 0.29) is 18.5 Å². The summed E-state index contributed by atoms with van der Waals surface area (Å²) >= 11 is 0. The SMILES string of the molecule is CCCCC/C=C\C/C=C\CCCC/C=C\CCCCCCCC(=O)OC(CCCCCCCCCCCCCCC)CCCC(=O)O. The van der Waals surface area contributed by atoms with Gasteiger partial charge in [-0.1, -0.05) is 159 Å². The number of unbranched alkanes of at least 4 members (excludes halogenated alkanes) is 23. The molecule has 0 aromatic carbocycles. The van der Waals surface area contributed by atoms with Gasteiger partial charge in [-0.05, 0) is 89.9 Å². The van der Waals surface area contributed by atoms with E-state index < -0.39 is 5.97 Å². The lowest BCUT2D eigenvalue weighted by atomic mass is 10.0. The summed E-state index contributed by atoms with van der Waals surface area (Å²) in [5.74, 6) is -0.870. The van der Waals surface area contributed by atoms with Crippen LogP contribution in [0.4, 0.5) is 0 Å². The summed E-state index contributed by atoms with van der Waals surface area (Å²) in [5.41, 5.74) is 0. The number of rotatable bonds is 38. The van der Waals surface area contributed by atoms with Gasteiger partial charge < -0.3 is 9.84 Å². The van der Waals surface area contributed by atoms with Gasteiger partial charge in [0.05, 0.1) is 0 Å². The van der Waals surface area contributed by atoms with Gasteiger partial charge in [-0.25, -0.2) is 0 Å². The summed E-state index contributed by atoms with van der Waals surface area (Å²) in [7, 11) is 0. The number of hydrogen-bond acceptors (Lipinski definition) is 3. The molecule has 1 unspecified atom stereocenters. The lowest BCUT2D eigenvalue weighted by molar-refractivity contribution is -0.150. The zero-order chi connectivity index (χ0) is 35.0. The fourth-order valence-corrected chi connectivity index (χ4v) is 6.22. The van der Waals surface area contributed by atoms with Gasteiger partial charge in [0, 0.05) is 12.8 Å². The summed E-state index contributed by atoms with van der Waals surface area (Å²) in [4.78, 5) is 23.5. The zero-order valence-electron chi connectivity index (χ0n) is 32.0. The monoisotopic (exact) mass is 673 g/mol. The molecule has 0 aliphatic carbocycles. The topological polar surface area (TPSA) is 63.6 Å². The lowest BCUT2D eigenvalue weighted by Crippen LogP contribution is -2.18. The number of carboxylic acid groups (broad SMARTS) is 1. The Morgan fingerprint density at radius 3 is 1.35 bits per heavy atom. The van der Waals surface area contributed by atoms with Crippen molar-refractivity contribution in [1.82, 2.24) is 0 Å². The molecule has 0 bridgehead atoms. The van der Waals surface area contributed by atoms with Crippen LogP contribution in [0.3, 0.4) is 0 Å². The maximum atomic E-state index is 12.5. The second-order valence-corrected chi connectivity index (χ2v) is 14.2. The van der Waals surface area contributed by atoms with Crippen molar-refractivity contribution in [3.05, 3.63) is 36.5 Å². The number of allylic oxidation sites excluding steroid dienone is 6. The molecule has 0 aromatic heterocycles. The molecule has 48 heavy (non-hydrogen) atoms. The molecule has 0 aromatic rings. The molecule has 0 fully saturated rings. The van der Waals surface area contributed by atoms with Crippen LogP contribution in [0.1, 0.15) is 226 Å². The first-order valence-electron chi connectivity index (χ1n) is 21.0. The van der Waals surface area contributed by atoms with Crippen molar-refractivity contribution in [3.8, 4) is 0 Å². The minimum Gasteiger partial charge on any atom is -0.481 e. The van der Waals surface area contributed by atoms with Crippen molar-refractivity contribution < 1.29 is 19.4 Å². The molecular weight excluding hydrogens is 592 g/mol. The maximum Gasteiger partial charge on any atom is 0.306 e. The molecule has 4 heteroatoms. The van der Waals surface area contributed by atoms with Gasteiger partial charge in [-0.3, -0.25) is 9.59 Å². The summed E-state index contributed by atoms with van der Waals surface area (Å²) in [6, 6.07) is 0. The molecule has 0 rings (SSSR count). The third-order valence-electron chi connectivity index (χ3n) is 9.33. The molecule has 0 spiro atoms. The Hall–Kier alpha value is -1.84. The standard InChI is InChI=1S/C44H80O4/c1-3-5-7-9-11-13-15-17-18-19-20-21-22-23-24-26-28-30-32-34-36-41-44(47)48-42(39-37-40-43(45)46)38-35-33-31-29-27-25-16-14-12-10-8-6-4-2/h11,13,17-18,23-24,42H,3-10,12,14-16,19-22,25-41H2,1-2H3,(H,45,46)/b13-11-,18-17-,24-23-. The van der Waals surface area contributed by atoms with E-state index >= 15 is 0 Å². The fourth-order valence-electron chi connectivity index (χ4n) is 6.22. The van der Waals surface area contributed by atoms with Gasteiger partial charge in [0.1, 0.15) is 6.10 Å². The fraction of sp³-hybridized carbons (Fsp3) is 0.818. The number of esters is 1. The third-order valence-corrected chi connectivity index (χ3v) is 9.33. The minimum atomic E-state index is -0.771. The molecule has 0 amide bonds. The third kappa shape index (κ3) is 38.6. The molecular formula is C44H80O4. The van der Waals surface area contributed by atoms with Crippen molar-refractivity contribution >= 4 is 11.9 Å². The number of aliphatic carboxylic acids is 1. The first-order chi connectivity index (χ1) is 23.6. The number of carbonyl (C=O) groups excluding carboxylic acids is 1. The second kappa shape index (κ2) is 39.6. The van der Waals surface area contributed by atoms with E-state index in [0.29, 0.717) is 19.3 Å². The van der Waals surface area contributed by atoms with Gasteiger partial charge in [0.15, 0.2) is 0 Å². The number of carboxylic acids is 1. The van der Waals surface area contributed by atoms with Crippen LogP contribution in [0.25, 0.3) is 0 Å². The van der Waals surface area contributed by atoms with Crippen molar-refractivity contribution in [3.63, 3.8) is 0 Å². The van der Waals surface area contributed by atoms with Gasteiger partial charge in [0.25, 0.3) is 0 Å². The summed E-state index contributed by atoms with van der Waals surface area (Å²) in [5, 5.41) is 9.03. The van der Waals surface area contributed by atoms with Crippen LogP contribution in [0, 0.1) is 0 Å². The van der Waals surface area contributed by atoms with E-state index in [1.807, 2.05) is 0 Å². The highest BCUT2D eigenvalue weighted by Crippen LogP contribution is 2.18. The first-order valence-corrected chi connectivity index (χ1v) is 21.0. The Morgan fingerprint density at radius 1 is 0.458 bits per heavy atom. The largest absolute Gasteiger partial charge is 0.481 e. The van der Waals surface area contributed by atoms with Crippen molar-refractivity contribution in [1.29, 1.82) is 0 Å². The van der Waals surface area contributed by atoms with Crippen LogP contribution in [0.5, 0.6) is 0 Å². The number of ether oxygens (including phenoxy) is 1. The molecule has 280 valence electrons. The van der Waals surface area contributed by atoms with E-state index in [1.165, 1.54) is 148 Å². The van der Waals surface area contributed by atoms with Gasteiger partial charge in [-0.15, -0.1) is 0 Å². The molecule has 1 atom stereocenters. The Bertz CT molecular complexity index is 768. The zero-order valence-corrected chi connectivity index (χ0v) is 32.0. The molecule has 0 saturated carbocycles. The Morgan fingerprint density at radius 2 is 0.833 bits per heavy atom. The molecule has 0 aliphatic rings. The van der Waals surface area contributed by atoms with E-state index in [0.717, 1.165) is 38.5 Å². The normalized spacial score (nSPS) is 12.5. The predicted molar refractivity (Wildman–Crippen MR) is 209 cm³/mol. The molecule has 1 N–H and O–H groups in total. The van der Waals surface area contributed by atoms with Crippen molar-refractivity contribution in [2.45, 2.75) is 232 Å². The quantitative estimate of drug-likeness (QED) is 0.0403. The van der Waals surface area contributed by atoms with Crippen LogP contribution in [-0.4, -0.2) is 23.1 Å². The van der Waals surface area contributed by atoms with Gasteiger partial charge in [0.2, 0.25) is 0 Å². The molecule has 4 nitrogen and oxygen atoms in total.